The van der Waals surface area contributed by atoms with Crippen LogP contribution in [-0.4, -0.2) is 37.5 Å². The molecule has 0 saturated carbocycles. The van der Waals surface area contributed by atoms with Crippen molar-refractivity contribution >= 4 is 17.5 Å². The first-order chi connectivity index (χ1) is 9.08. The van der Waals surface area contributed by atoms with E-state index in [1.165, 1.54) is 12.1 Å². The number of carbonyl (C=O) groups is 2. The molecule has 1 saturated heterocycles. The minimum absolute atomic E-state index is 0.0632. The first-order valence-electron chi connectivity index (χ1n) is 6.24. The quantitative estimate of drug-likeness (QED) is 0.668. The smallest absolute Gasteiger partial charge is 0.282 e. The van der Waals surface area contributed by atoms with E-state index >= 15 is 0 Å². The predicted octanol–water partition coefficient (Wildman–Crippen LogP) is -0.833. The summed E-state index contributed by atoms with van der Waals surface area (Å²) in [6, 6.07) is 5.63. The fourth-order valence-electron chi connectivity index (χ4n) is 2.08. The van der Waals surface area contributed by atoms with E-state index in [1.807, 2.05) is 0 Å². The summed E-state index contributed by atoms with van der Waals surface area (Å²) in [5.41, 5.74) is 0.167. The minimum atomic E-state index is -0.463. The molecule has 1 aromatic carbocycles. The molecule has 6 heteroatoms. The summed E-state index contributed by atoms with van der Waals surface area (Å²) in [6.07, 6.45) is 0. The van der Waals surface area contributed by atoms with Gasteiger partial charge in [0.2, 0.25) is 0 Å². The summed E-state index contributed by atoms with van der Waals surface area (Å²) < 4.78 is 13.4. The van der Waals surface area contributed by atoms with Crippen LogP contribution in [0.3, 0.4) is 0 Å². The van der Waals surface area contributed by atoms with Gasteiger partial charge in [-0.3, -0.25) is 9.59 Å². The van der Waals surface area contributed by atoms with Gasteiger partial charge in [0.05, 0.1) is 18.8 Å². The summed E-state index contributed by atoms with van der Waals surface area (Å²) in [6.45, 7) is 3.26. The first kappa shape index (κ1) is 13.5. The number of halogens is 1. The van der Waals surface area contributed by atoms with Crippen LogP contribution >= 0.6 is 0 Å². The number of benzene rings is 1. The lowest BCUT2D eigenvalue weighted by Gasteiger charge is -2.28. The lowest BCUT2D eigenvalue weighted by Crippen LogP contribution is -3.19. The Balaban J connectivity index is 1.99. The molecule has 1 aliphatic heterocycles. The highest BCUT2D eigenvalue weighted by atomic mass is 19.1. The fourth-order valence-corrected chi connectivity index (χ4v) is 2.08. The second-order valence-electron chi connectivity index (χ2n) is 4.63. The number of nitrogens with one attached hydrogen (secondary N) is 3. The highest BCUT2D eigenvalue weighted by Gasteiger charge is 2.29. The van der Waals surface area contributed by atoms with E-state index in [-0.39, 0.29) is 24.0 Å². The summed E-state index contributed by atoms with van der Waals surface area (Å²) >= 11 is 0. The molecule has 2 amide bonds. The molecule has 1 aromatic rings. The number of para-hydroxylation sites is 1. The van der Waals surface area contributed by atoms with Crippen molar-refractivity contribution in [3.05, 3.63) is 30.1 Å². The summed E-state index contributed by atoms with van der Waals surface area (Å²) in [5, 5.41) is 5.27. The summed E-state index contributed by atoms with van der Waals surface area (Å²) in [7, 11) is 0. The number of piperazine rings is 1. The van der Waals surface area contributed by atoms with Crippen LogP contribution in [0.2, 0.25) is 0 Å². The molecule has 5 nitrogen and oxygen atoms in total. The lowest BCUT2D eigenvalue weighted by atomic mass is 10.2. The van der Waals surface area contributed by atoms with Crippen LogP contribution in [-0.2, 0) is 9.59 Å². The highest BCUT2D eigenvalue weighted by Crippen LogP contribution is 2.12. The average molecular weight is 266 g/mol. The number of quaternary nitrogens is 1. The molecule has 1 unspecified atom stereocenters. The zero-order valence-corrected chi connectivity index (χ0v) is 10.7. The predicted molar refractivity (Wildman–Crippen MR) is 68.2 cm³/mol. The van der Waals surface area contributed by atoms with E-state index in [0.29, 0.717) is 13.1 Å². The zero-order valence-electron chi connectivity index (χ0n) is 10.7. The second-order valence-corrected chi connectivity index (χ2v) is 4.63. The van der Waals surface area contributed by atoms with Gasteiger partial charge in [-0.15, -0.1) is 0 Å². The third kappa shape index (κ3) is 3.29. The van der Waals surface area contributed by atoms with Crippen molar-refractivity contribution < 1.29 is 18.9 Å². The maximum atomic E-state index is 13.4. The van der Waals surface area contributed by atoms with Gasteiger partial charge in [0.15, 0.2) is 12.6 Å². The van der Waals surface area contributed by atoms with Gasteiger partial charge >= 0.3 is 0 Å². The third-order valence-corrected chi connectivity index (χ3v) is 3.29. The number of rotatable bonds is 3. The maximum absolute atomic E-state index is 13.4. The highest BCUT2D eigenvalue weighted by molar-refractivity contribution is 5.93. The number of hydrogen-bond acceptors (Lipinski definition) is 2. The lowest BCUT2D eigenvalue weighted by molar-refractivity contribution is -0.907. The molecular formula is C13H17FN3O2+. The summed E-state index contributed by atoms with van der Waals surface area (Å²) in [5.74, 6) is -0.809. The van der Waals surface area contributed by atoms with Gasteiger partial charge < -0.3 is 15.5 Å². The molecule has 0 aliphatic carbocycles. The SMILES string of the molecule is C[C@@H](C(=O)Nc1ccccc1F)[NH+]1CCNC(=O)C1. The number of carbonyl (C=O) groups excluding carboxylic acids is 2. The number of hydrogen-bond donors (Lipinski definition) is 3. The van der Waals surface area contributed by atoms with Crippen molar-refractivity contribution in [2.75, 3.05) is 25.0 Å². The Bertz CT molecular complexity index is 493. The molecule has 19 heavy (non-hydrogen) atoms. The van der Waals surface area contributed by atoms with Gasteiger partial charge in [-0.1, -0.05) is 12.1 Å². The maximum Gasteiger partial charge on any atom is 0.282 e. The van der Waals surface area contributed by atoms with Gasteiger partial charge in [0, 0.05) is 0 Å². The van der Waals surface area contributed by atoms with E-state index < -0.39 is 11.9 Å². The molecule has 1 fully saturated rings. The standard InChI is InChI=1S/C13H16FN3O2/c1-9(17-7-6-15-12(18)8-17)13(19)16-11-5-3-2-4-10(11)14/h2-5,9H,6-8H2,1H3,(H,15,18)(H,16,19)/p+1/t9-/m0/s1. The van der Waals surface area contributed by atoms with Crippen LogP contribution in [0, 0.1) is 5.82 Å². The Labute approximate surface area is 110 Å². The van der Waals surface area contributed by atoms with Crippen molar-refractivity contribution in [2.45, 2.75) is 13.0 Å². The Morgan fingerprint density at radius 2 is 2.21 bits per heavy atom. The van der Waals surface area contributed by atoms with E-state index in [0.717, 1.165) is 4.90 Å². The van der Waals surface area contributed by atoms with Crippen LogP contribution in [0.25, 0.3) is 0 Å². The average Bonchev–Trinajstić information content (AvgIpc) is 2.40. The monoisotopic (exact) mass is 266 g/mol. The Morgan fingerprint density at radius 1 is 1.47 bits per heavy atom. The Kier molecular flexibility index (Phi) is 4.11. The molecule has 0 bridgehead atoms. The largest absolute Gasteiger partial charge is 0.346 e. The van der Waals surface area contributed by atoms with Crippen molar-refractivity contribution in [3.8, 4) is 0 Å². The molecular weight excluding hydrogens is 249 g/mol. The van der Waals surface area contributed by atoms with Crippen molar-refractivity contribution in [1.29, 1.82) is 0 Å². The van der Waals surface area contributed by atoms with Gasteiger partial charge in [-0.05, 0) is 19.1 Å². The molecule has 0 radical (unpaired) electrons. The van der Waals surface area contributed by atoms with Crippen LogP contribution < -0.4 is 15.5 Å². The molecule has 0 aromatic heterocycles. The molecule has 102 valence electrons. The summed E-state index contributed by atoms with van der Waals surface area (Å²) in [4.78, 5) is 24.2. The van der Waals surface area contributed by atoms with Crippen LogP contribution in [0.15, 0.2) is 24.3 Å². The normalized spacial score (nSPS) is 20.5. The van der Waals surface area contributed by atoms with Crippen LogP contribution in [0.5, 0.6) is 0 Å². The fraction of sp³-hybridized carbons (Fsp3) is 0.385. The molecule has 1 aliphatic rings. The van der Waals surface area contributed by atoms with Crippen molar-refractivity contribution in [3.63, 3.8) is 0 Å². The molecule has 1 heterocycles. The number of anilines is 1. The van der Waals surface area contributed by atoms with Crippen LogP contribution in [0.4, 0.5) is 10.1 Å². The first-order valence-corrected chi connectivity index (χ1v) is 6.24. The Morgan fingerprint density at radius 3 is 2.89 bits per heavy atom. The van der Waals surface area contributed by atoms with Crippen LogP contribution in [0.1, 0.15) is 6.92 Å². The topological polar surface area (TPSA) is 62.6 Å². The Hall–Kier alpha value is -1.95. The number of amides is 2. The molecule has 2 atom stereocenters. The van der Waals surface area contributed by atoms with E-state index in [9.17, 15) is 14.0 Å². The zero-order chi connectivity index (χ0) is 13.8. The second kappa shape index (κ2) is 5.79. The third-order valence-electron chi connectivity index (χ3n) is 3.29. The van der Waals surface area contributed by atoms with Gasteiger partial charge in [0.1, 0.15) is 5.82 Å². The van der Waals surface area contributed by atoms with E-state index in [2.05, 4.69) is 10.6 Å². The van der Waals surface area contributed by atoms with Crippen molar-refractivity contribution in [2.24, 2.45) is 0 Å². The van der Waals surface area contributed by atoms with Gasteiger partial charge in [-0.25, -0.2) is 4.39 Å². The van der Waals surface area contributed by atoms with E-state index in [4.69, 9.17) is 0 Å². The van der Waals surface area contributed by atoms with Crippen molar-refractivity contribution in [1.82, 2.24) is 5.32 Å². The molecule has 3 N–H and O–H groups in total. The van der Waals surface area contributed by atoms with Gasteiger partial charge in [-0.2, -0.15) is 0 Å². The molecule has 2 rings (SSSR count). The van der Waals surface area contributed by atoms with Gasteiger partial charge in [0.25, 0.3) is 11.8 Å². The minimum Gasteiger partial charge on any atom is -0.346 e. The molecule has 0 spiro atoms. The van der Waals surface area contributed by atoms with E-state index in [1.54, 1.807) is 19.1 Å².